The second-order valence-electron chi connectivity index (χ2n) is 4.28. The van der Waals surface area contributed by atoms with Crippen molar-refractivity contribution >= 4 is 10.8 Å². The van der Waals surface area contributed by atoms with Gasteiger partial charge in [-0.3, -0.25) is 4.79 Å². The SMILES string of the molecule is O=c1[nH]cc(-c2ccc(O)cc2)c2c(O)cccc12. The van der Waals surface area contributed by atoms with Crippen molar-refractivity contribution in [1.82, 2.24) is 4.98 Å². The molecule has 0 spiro atoms. The van der Waals surface area contributed by atoms with E-state index >= 15 is 0 Å². The number of hydrogen-bond acceptors (Lipinski definition) is 3. The highest BCUT2D eigenvalue weighted by atomic mass is 16.3. The van der Waals surface area contributed by atoms with E-state index in [2.05, 4.69) is 4.98 Å². The molecular formula is C15H11NO3. The zero-order chi connectivity index (χ0) is 13.4. The number of hydrogen-bond donors (Lipinski definition) is 3. The maximum atomic E-state index is 11.8. The number of fused-ring (bicyclic) bond motifs is 1. The van der Waals surface area contributed by atoms with E-state index in [1.54, 1.807) is 48.7 Å². The van der Waals surface area contributed by atoms with E-state index in [1.807, 2.05) is 0 Å². The molecule has 94 valence electrons. The Morgan fingerprint density at radius 2 is 1.68 bits per heavy atom. The first-order chi connectivity index (χ1) is 9.16. The number of nitrogens with one attached hydrogen (secondary N) is 1. The highest BCUT2D eigenvalue weighted by molar-refractivity contribution is 5.99. The van der Waals surface area contributed by atoms with Crippen molar-refractivity contribution in [3.8, 4) is 22.6 Å². The van der Waals surface area contributed by atoms with Gasteiger partial charge in [-0.1, -0.05) is 18.2 Å². The Morgan fingerprint density at radius 1 is 0.947 bits per heavy atom. The average molecular weight is 253 g/mol. The monoisotopic (exact) mass is 253 g/mol. The largest absolute Gasteiger partial charge is 0.508 e. The van der Waals surface area contributed by atoms with Gasteiger partial charge >= 0.3 is 0 Å². The molecule has 3 N–H and O–H groups in total. The molecule has 19 heavy (non-hydrogen) atoms. The van der Waals surface area contributed by atoms with E-state index in [-0.39, 0.29) is 17.1 Å². The fraction of sp³-hybridized carbons (Fsp3) is 0. The number of H-pyrrole nitrogens is 1. The van der Waals surface area contributed by atoms with Crippen LogP contribution in [0.3, 0.4) is 0 Å². The second-order valence-corrected chi connectivity index (χ2v) is 4.28. The number of rotatable bonds is 1. The zero-order valence-electron chi connectivity index (χ0n) is 9.92. The molecule has 0 aliphatic heterocycles. The van der Waals surface area contributed by atoms with Crippen LogP contribution in [-0.4, -0.2) is 15.2 Å². The van der Waals surface area contributed by atoms with Crippen LogP contribution in [0.2, 0.25) is 0 Å². The summed E-state index contributed by atoms with van der Waals surface area (Å²) in [6, 6.07) is 11.4. The summed E-state index contributed by atoms with van der Waals surface area (Å²) in [5.74, 6) is 0.230. The Kier molecular flexibility index (Phi) is 2.49. The van der Waals surface area contributed by atoms with Gasteiger partial charge in [-0.2, -0.15) is 0 Å². The van der Waals surface area contributed by atoms with Gasteiger partial charge in [0.15, 0.2) is 0 Å². The molecule has 0 amide bonds. The van der Waals surface area contributed by atoms with Gasteiger partial charge in [-0.25, -0.2) is 0 Å². The Bertz CT molecular complexity index is 804. The van der Waals surface area contributed by atoms with Crippen LogP contribution in [0.4, 0.5) is 0 Å². The topological polar surface area (TPSA) is 73.3 Å². The number of aromatic nitrogens is 1. The summed E-state index contributed by atoms with van der Waals surface area (Å²) >= 11 is 0. The molecule has 0 saturated carbocycles. The van der Waals surface area contributed by atoms with Gasteiger partial charge < -0.3 is 15.2 Å². The Balaban J connectivity index is 2.39. The molecular weight excluding hydrogens is 242 g/mol. The number of phenols is 2. The molecule has 2 aromatic carbocycles. The molecule has 1 aromatic heterocycles. The molecule has 0 saturated heterocycles. The van der Waals surface area contributed by atoms with E-state index in [0.29, 0.717) is 16.3 Å². The van der Waals surface area contributed by atoms with Gasteiger partial charge in [0.1, 0.15) is 11.5 Å². The third kappa shape index (κ3) is 1.83. The maximum Gasteiger partial charge on any atom is 0.255 e. The molecule has 0 atom stereocenters. The summed E-state index contributed by atoms with van der Waals surface area (Å²) in [5.41, 5.74) is 1.28. The first kappa shape index (κ1) is 11.3. The van der Waals surface area contributed by atoms with Crippen molar-refractivity contribution in [2.24, 2.45) is 0 Å². The quantitative estimate of drug-likeness (QED) is 0.624. The molecule has 3 aromatic rings. The molecule has 0 unspecified atom stereocenters. The van der Waals surface area contributed by atoms with Crippen LogP contribution >= 0.6 is 0 Å². The van der Waals surface area contributed by atoms with Gasteiger partial charge in [-0.15, -0.1) is 0 Å². The lowest BCUT2D eigenvalue weighted by Gasteiger charge is -2.08. The standard InChI is InChI=1S/C15H11NO3/c17-10-6-4-9(5-7-10)12-8-16-15(19)11-2-1-3-13(18)14(11)12/h1-8,17-18H,(H,16,19). The summed E-state index contributed by atoms with van der Waals surface area (Å²) in [6.07, 6.45) is 1.57. The second kappa shape index (κ2) is 4.17. The Morgan fingerprint density at radius 3 is 2.42 bits per heavy atom. The van der Waals surface area contributed by atoms with Crippen LogP contribution in [0, 0.1) is 0 Å². The molecule has 0 aliphatic rings. The number of aromatic hydroxyl groups is 2. The van der Waals surface area contributed by atoms with Crippen molar-refractivity contribution in [1.29, 1.82) is 0 Å². The summed E-state index contributed by atoms with van der Waals surface area (Å²) < 4.78 is 0. The first-order valence-electron chi connectivity index (χ1n) is 5.79. The molecule has 3 rings (SSSR count). The van der Waals surface area contributed by atoms with Crippen LogP contribution in [0.15, 0.2) is 53.5 Å². The van der Waals surface area contributed by atoms with Crippen molar-refractivity contribution in [2.75, 3.05) is 0 Å². The van der Waals surface area contributed by atoms with Crippen LogP contribution in [0.5, 0.6) is 11.5 Å². The summed E-state index contributed by atoms with van der Waals surface area (Å²) in [5, 5.41) is 20.2. The van der Waals surface area contributed by atoms with Crippen LogP contribution < -0.4 is 5.56 Å². The van der Waals surface area contributed by atoms with Crippen LogP contribution in [0.25, 0.3) is 21.9 Å². The highest BCUT2D eigenvalue weighted by Crippen LogP contribution is 2.32. The Hall–Kier alpha value is -2.75. The van der Waals surface area contributed by atoms with E-state index in [1.165, 1.54) is 0 Å². The molecule has 0 bridgehead atoms. The minimum atomic E-state index is -0.242. The predicted octanol–water partition coefficient (Wildman–Crippen LogP) is 2.61. The molecule has 4 heteroatoms. The van der Waals surface area contributed by atoms with E-state index < -0.39 is 0 Å². The van der Waals surface area contributed by atoms with Crippen LogP contribution in [0.1, 0.15) is 0 Å². The predicted molar refractivity (Wildman–Crippen MR) is 73.3 cm³/mol. The minimum Gasteiger partial charge on any atom is -0.508 e. The molecule has 4 nitrogen and oxygen atoms in total. The zero-order valence-corrected chi connectivity index (χ0v) is 9.92. The molecule has 1 heterocycles. The lowest BCUT2D eigenvalue weighted by molar-refractivity contribution is 0.475. The third-order valence-corrected chi connectivity index (χ3v) is 3.08. The lowest BCUT2D eigenvalue weighted by atomic mass is 10.00. The number of benzene rings is 2. The van der Waals surface area contributed by atoms with Crippen molar-refractivity contribution in [3.63, 3.8) is 0 Å². The van der Waals surface area contributed by atoms with E-state index in [9.17, 15) is 15.0 Å². The lowest BCUT2D eigenvalue weighted by Crippen LogP contribution is -2.05. The van der Waals surface area contributed by atoms with Crippen molar-refractivity contribution in [3.05, 3.63) is 59.0 Å². The summed E-state index contributed by atoms with van der Waals surface area (Å²) in [6.45, 7) is 0. The van der Waals surface area contributed by atoms with E-state index in [4.69, 9.17) is 0 Å². The fourth-order valence-corrected chi connectivity index (χ4v) is 2.17. The number of phenolic OH excluding ortho intramolecular Hbond substituents is 2. The summed E-state index contributed by atoms with van der Waals surface area (Å²) in [4.78, 5) is 14.4. The highest BCUT2D eigenvalue weighted by Gasteiger charge is 2.10. The van der Waals surface area contributed by atoms with Gasteiger partial charge in [0.25, 0.3) is 5.56 Å². The van der Waals surface area contributed by atoms with Gasteiger partial charge in [0.05, 0.1) is 5.39 Å². The first-order valence-corrected chi connectivity index (χ1v) is 5.79. The average Bonchev–Trinajstić information content (AvgIpc) is 2.41. The molecule has 0 fully saturated rings. The normalized spacial score (nSPS) is 10.7. The minimum absolute atomic E-state index is 0.0617. The smallest absolute Gasteiger partial charge is 0.255 e. The van der Waals surface area contributed by atoms with Crippen molar-refractivity contribution in [2.45, 2.75) is 0 Å². The van der Waals surface area contributed by atoms with Crippen molar-refractivity contribution < 1.29 is 10.2 Å². The number of aromatic amines is 1. The van der Waals surface area contributed by atoms with Crippen LogP contribution in [-0.2, 0) is 0 Å². The number of pyridine rings is 1. The fourth-order valence-electron chi connectivity index (χ4n) is 2.17. The molecule has 0 radical (unpaired) electrons. The van der Waals surface area contributed by atoms with Gasteiger partial charge in [-0.05, 0) is 29.8 Å². The van der Waals surface area contributed by atoms with Gasteiger partial charge in [0, 0.05) is 17.1 Å². The van der Waals surface area contributed by atoms with Gasteiger partial charge in [0.2, 0.25) is 0 Å². The maximum absolute atomic E-state index is 11.8. The Labute approximate surface area is 108 Å². The molecule has 0 aliphatic carbocycles. The van der Waals surface area contributed by atoms with E-state index in [0.717, 1.165) is 5.56 Å². The third-order valence-electron chi connectivity index (χ3n) is 3.08. The summed E-state index contributed by atoms with van der Waals surface area (Å²) in [7, 11) is 0.